The number of nitrogens with zero attached hydrogens (tertiary/aromatic N) is 1. The molecule has 0 radical (unpaired) electrons. The number of pyridine rings is 1. The summed E-state index contributed by atoms with van der Waals surface area (Å²) in [6.07, 6.45) is -4.63. The summed E-state index contributed by atoms with van der Waals surface area (Å²) in [4.78, 5) is 4.07. The van der Waals surface area contributed by atoms with Crippen LogP contribution < -0.4 is 5.32 Å². The standard InChI is InChI=1S/C18H19F5N2/c1-10(2)11(3)24-9-17-14(19)6-7-16(25-17)13-5-4-12(8-15(13)20)18(21,22)23/h4-8,10-11,24H,9H2,1-3H3/t11-/m1/s1. The minimum atomic E-state index is -4.63. The predicted molar refractivity (Wildman–Crippen MR) is 85.7 cm³/mol. The molecular formula is C18H19F5N2. The third kappa shape index (κ3) is 4.75. The Morgan fingerprint density at radius 3 is 2.24 bits per heavy atom. The van der Waals surface area contributed by atoms with Crippen LogP contribution in [0.5, 0.6) is 0 Å². The molecule has 0 aliphatic rings. The molecule has 25 heavy (non-hydrogen) atoms. The Morgan fingerprint density at radius 1 is 1.00 bits per heavy atom. The van der Waals surface area contributed by atoms with E-state index in [1.54, 1.807) is 0 Å². The van der Waals surface area contributed by atoms with Crippen LogP contribution in [0.25, 0.3) is 11.3 Å². The van der Waals surface area contributed by atoms with Gasteiger partial charge < -0.3 is 5.32 Å². The number of hydrogen-bond donors (Lipinski definition) is 1. The monoisotopic (exact) mass is 358 g/mol. The van der Waals surface area contributed by atoms with Gasteiger partial charge in [-0.3, -0.25) is 0 Å². The summed E-state index contributed by atoms with van der Waals surface area (Å²) < 4.78 is 65.8. The normalized spacial score (nSPS) is 13.3. The van der Waals surface area contributed by atoms with E-state index < -0.39 is 23.4 Å². The van der Waals surface area contributed by atoms with Gasteiger partial charge in [0.25, 0.3) is 0 Å². The molecule has 1 atom stereocenters. The lowest BCUT2D eigenvalue weighted by atomic mass is 10.1. The van der Waals surface area contributed by atoms with E-state index in [0.717, 1.165) is 18.2 Å². The lowest BCUT2D eigenvalue weighted by molar-refractivity contribution is -0.137. The van der Waals surface area contributed by atoms with Crippen LogP contribution >= 0.6 is 0 Å². The molecule has 1 N–H and O–H groups in total. The number of benzene rings is 1. The van der Waals surface area contributed by atoms with Crippen LogP contribution in [-0.2, 0) is 12.7 Å². The van der Waals surface area contributed by atoms with Crippen molar-refractivity contribution in [1.82, 2.24) is 10.3 Å². The lowest BCUT2D eigenvalue weighted by Crippen LogP contribution is -2.30. The summed E-state index contributed by atoms with van der Waals surface area (Å²) in [6, 6.07) is 4.70. The fourth-order valence-electron chi connectivity index (χ4n) is 2.15. The van der Waals surface area contributed by atoms with Crippen molar-refractivity contribution in [3.8, 4) is 11.3 Å². The van der Waals surface area contributed by atoms with E-state index in [4.69, 9.17) is 0 Å². The maximum Gasteiger partial charge on any atom is 0.416 e. The van der Waals surface area contributed by atoms with Gasteiger partial charge in [0.2, 0.25) is 0 Å². The second-order valence-corrected chi connectivity index (χ2v) is 6.23. The Bertz CT molecular complexity index is 741. The van der Waals surface area contributed by atoms with E-state index in [1.165, 1.54) is 6.07 Å². The van der Waals surface area contributed by atoms with Crippen LogP contribution in [0.15, 0.2) is 30.3 Å². The molecule has 0 fully saturated rings. The molecule has 136 valence electrons. The highest BCUT2D eigenvalue weighted by molar-refractivity contribution is 5.60. The first kappa shape index (κ1) is 19.3. The summed E-state index contributed by atoms with van der Waals surface area (Å²) in [5.74, 6) is -1.28. The Balaban J connectivity index is 2.30. The van der Waals surface area contributed by atoms with E-state index >= 15 is 0 Å². The molecule has 0 spiro atoms. The molecule has 1 aromatic heterocycles. The topological polar surface area (TPSA) is 24.9 Å². The number of halogens is 5. The molecule has 2 rings (SSSR count). The maximum absolute atomic E-state index is 14.1. The molecule has 7 heteroatoms. The van der Waals surface area contributed by atoms with Gasteiger partial charge in [-0.25, -0.2) is 13.8 Å². The Morgan fingerprint density at radius 2 is 1.68 bits per heavy atom. The van der Waals surface area contributed by atoms with Crippen LogP contribution in [0.4, 0.5) is 22.0 Å². The van der Waals surface area contributed by atoms with Crippen LogP contribution in [0.2, 0.25) is 0 Å². The molecule has 2 aromatic rings. The maximum atomic E-state index is 14.1. The SMILES string of the molecule is CC(C)[C@@H](C)NCc1nc(-c2ccc(C(F)(F)F)cc2F)ccc1F. The Hall–Kier alpha value is -2.02. The van der Waals surface area contributed by atoms with Gasteiger partial charge in [-0.1, -0.05) is 13.8 Å². The highest BCUT2D eigenvalue weighted by atomic mass is 19.4. The fraction of sp³-hybridized carbons (Fsp3) is 0.389. The van der Waals surface area contributed by atoms with E-state index in [-0.39, 0.29) is 29.5 Å². The zero-order valence-electron chi connectivity index (χ0n) is 14.1. The van der Waals surface area contributed by atoms with Gasteiger partial charge in [0.1, 0.15) is 11.6 Å². The lowest BCUT2D eigenvalue weighted by Gasteiger charge is -2.17. The Kier molecular flexibility index (Phi) is 5.77. The molecule has 2 nitrogen and oxygen atoms in total. The quantitative estimate of drug-likeness (QED) is 0.745. The minimum absolute atomic E-state index is 0.0848. The molecule has 1 heterocycles. The van der Waals surface area contributed by atoms with Crippen LogP contribution in [0.3, 0.4) is 0 Å². The van der Waals surface area contributed by atoms with Crippen molar-refractivity contribution in [2.75, 3.05) is 0 Å². The zero-order valence-corrected chi connectivity index (χ0v) is 14.1. The second-order valence-electron chi connectivity index (χ2n) is 6.23. The first-order chi connectivity index (χ1) is 11.6. The summed E-state index contributed by atoms with van der Waals surface area (Å²) in [7, 11) is 0. The minimum Gasteiger partial charge on any atom is -0.308 e. The number of hydrogen-bond acceptors (Lipinski definition) is 2. The molecular weight excluding hydrogens is 339 g/mol. The summed E-state index contributed by atoms with van der Waals surface area (Å²) in [5, 5.41) is 3.12. The molecule has 1 aromatic carbocycles. The van der Waals surface area contributed by atoms with Gasteiger partial charge in [0.05, 0.1) is 17.0 Å². The number of nitrogens with one attached hydrogen (secondary N) is 1. The smallest absolute Gasteiger partial charge is 0.308 e. The number of rotatable bonds is 5. The average Bonchev–Trinajstić information content (AvgIpc) is 2.53. The van der Waals surface area contributed by atoms with Crippen molar-refractivity contribution < 1.29 is 22.0 Å². The molecule has 0 amide bonds. The van der Waals surface area contributed by atoms with Crippen LogP contribution in [0, 0.1) is 17.6 Å². The van der Waals surface area contributed by atoms with Crippen molar-refractivity contribution in [3.63, 3.8) is 0 Å². The molecule has 0 unspecified atom stereocenters. The third-order valence-electron chi connectivity index (χ3n) is 4.08. The first-order valence-corrected chi connectivity index (χ1v) is 7.85. The highest BCUT2D eigenvalue weighted by Crippen LogP contribution is 2.32. The highest BCUT2D eigenvalue weighted by Gasteiger charge is 2.31. The molecule has 0 aliphatic heterocycles. The fourth-order valence-corrected chi connectivity index (χ4v) is 2.15. The largest absolute Gasteiger partial charge is 0.416 e. The van der Waals surface area contributed by atoms with Gasteiger partial charge in [0, 0.05) is 18.2 Å². The van der Waals surface area contributed by atoms with Crippen molar-refractivity contribution in [1.29, 1.82) is 0 Å². The summed E-state index contributed by atoms with van der Waals surface area (Å²) in [6.45, 7) is 6.11. The van der Waals surface area contributed by atoms with Crippen molar-refractivity contribution in [2.45, 2.75) is 39.5 Å². The van der Waals surface area contributed by atoms with Crippen LogP contribution in [-0.4, -0.2) is 11.0 Å². The molecule has 0 saturated carbocycles. The van der Waals surface area contributed by atoms with Gasteiger partial charge in [0.15, 0.2) is 0 Å². The second kappa shape index (κ2) is 7.47. The molecule has 0 aliphatic carbocycles. The predicted octanol–water partition coefficient (Wildman–Crippen LogP) is 5.18. The van der Waals surface area contributed by atoms with Gasteiger partial charge in [-0.05, 0) is 43.2 Å². The summed E-state index contributed by atoms with van der Waals surface area (Å²) in [5.41, 5.74) is -1.01. The third-order valence-corrected chi connectivity index (χ3v) is 4.08. The zero-order chi connectivity index (χ0) is 18.8. The Labute approximate surface area is 143 Å². The van der Waals surface area contributed by atoms with E-state index in [2.05, 4.69) is 10.3 Å². The number of alkyl halides is 3. The van der Waals surface area contributed by atoms with E-state index in [1.807, 2.05) is 20.8 Å². The van der Waals surface area contributed by atoms with Gasteiger partial charge in [-0.15, -0.1) is 0 Å². The average molecular weight is 358 g/mol. The first-order valence-electron chi connectivity index (χ1n) is 7.85. The summed E-state index contributed by atoms with van der Waals surface area (Å²) >= 11 is 0. The van der Waals surface area contributed by atoms with Crippen molar-refractivity contribution in [2.24, 2.45) is 5.92 Å². The van der Waals surface area contributed by atoms with Gasteiger partial charge >= 0.3 is 6.18 Å². The van der Waals surface area contributed by atoms with Crippen LogP contribution in [0.1, 0.15) is 32.0 Å². The van der Waals surface area contributed by atoms with Gasteiger partial charge in [-0.2, -0.15) is 13.2 Å². The van der Waals surface area contributed by atoms with E-state index in [0.29, 0.717) is 12.0 Å². The molecule has 0 saturated heterocycles. The van der Waals surface area contributed by atoms with Crippen molar-refractivity contribution >= 4 is 0 Å². The molecule has 0 bridgehead atoms. The van der Waals surface area contributed by atoms with Crippen molar-refractivity contribution in [3.05, 3.63) is 53.2 Å². The number of aromatic nitrogens is 1. The van der Waals surface area contributed by atoms with E-state index in [9.17, 15) is 22.0 Å².